The van der Waals surface area contributed by atoms with Gasteiger partial charge in [-0.15, -0.1) is 0 Å². The molecule has 0 saturated carbocycles. The van der Waals surface area contributed by atoms with E-state index in [0.717, 1.165) is 17.7 Å². The summed E-state index contributed by atoms with van der Waals surface area (Å²) in [5, 5.41) is 0. The van der Waals surface area contributed by atoms with Gasteiger partial charge in [-0.1, -0.05) is 12.1 Å². The summed E-state index contributed by atoms with van der Waals surface area (Å²) in [5.41, 5.74) is 8.99. The fourth-order valence-electron chi connectivity index (χ4n) is 2.55. The second-order valence-corrected chi connectivity index (χ2v) is 4.62. The van der Waals surface area contributed by atoms with Gasteiger partial charge in [0.15, 0.2) is 0 Å². The zero-order valence-electron chi connectivity index (χ0n) is 11.2. The van der Waals surface area contributed by atoms with Crippen molar-refractivity contribution in [2.75, 3.05) is 24.3 Å². The van der Waals surface area contributed by atoms with Crippen LogP contribution in [-0.4, -0.2) is 24.5 Å². The Morgan fingerprint density at radius 2 is 2.20 bits per heavy atom. The van der Waals surface area contributed by atoms with Gasteiger partial charge in [0.25, 0.3) is 5.91 Å². The maximum Gasteiger partial charge on any atom is 0.263 e. The highest BCUT2D eigenvalue weighted by molar-refractivity contribution is 6.10. The highest BCUT2D eigenvalue weighted by atomic mass is 16.5. The first kappa shape index (κ1) is 12.5. The third kappa shape index (κ3) is 1.87. The van der Waals surface area contributed by atoms with Gasteiger partial charge < -0.3 is 15.4 Å². The number of hydrogen-bond acceptors (Lipinski definition) is 4. The molecule has 2 heterocycles. The number of nitrogens with zero attached hydrogens (tertiary/aromatic N) is 2. The Morgan fingerprint density at radius 3 is 3.00 bits per heavy atom. The van der Waals surface area contributed by atoms with Gasteiger partial charge in [-0.25, -0.2) is 4.98 Å². The summed E-state index contributed by atoms with van der Waals surface area (Å²) < 4.78 is 5.15. The summed E-state index contributed by atoms with van der Waals surface area (Å²) in [6.45, 7) is 0.625. The average Bonchev–Trinajstić information content (AvgIpc) is 2.92. The molecule has 0 spiro atoms. The maximum absolute atomic E-state index is 12.7. The van der Waals surface area contributed by atoms with Crippen molar-refractivity contribution in [2.24, 2.45) is 0 Å². The zero-order chi connectivity index (χ0) is 14.1. The third-order valence-electron chi connectivity index (χ3n) is 3.47. The molecule has 3 rings (SSSR count). The summed E-state index contributed by atoms with van der Waals surface area (Å²) in [6, 6.07) is 9.16. The Hall–Kier alpha value is -2.56. The second-order valence-electron chi connectivity index (χ2n) is 4.62. The molecule has 0 saturated heterocycles. The molecule has 0 atom stereocenters. The summed E-state index contributed by atoms with van der Waals surface area (Å²) in [5.74, 6) is 0.201. The van der Waals surface area contributed by atoms with Gasteiger partial charge in [0, 0.05) is 12.7 Å². The Bertz CT molecular complexity index is 670. The fraction of sp³-hybridized carbons (Fsp3) is 0.200. The molecule has 20 heavy (non-hydrogen) atoms. The summed E-state index contributed by atoms with van der Waals surface area (Å²) in [4.78, 5) is 18.5. The van der Waals surface area contributed by atoms with E-state index in [1.807, 2.05) is 18.2 Å². The van der Waals surface area contributed by atoms with Crippen LogP contribution in [0.2, 0.25) is 0 Å². The standard InChI is InChI=1S/C15H15N3O2/c1-20-14-11(5-3-8-17-14)15(19)18-9-7-10-4-2-6-12(16)13(10)18/h2-6,8H,7,9,16H2,1H3. The number of amides is 1. The molecule has 102 valence electrons. The number of fused-ring (bicyclic) bond motifs is 1. The number of rotatable bonds is 2. The second kappa shape index (κ2) is 4.85. The van der Waals surface area contributed by atoms with Crippen molar-refractivity contribution in [3.63, 3.8) is 0 Å². The highest BCUT2D eigenvalue weighted by Gasteiger charge is 2.29. The Kier molecular flexibility index (Phi) is 3.02. The predicted octanol–water partition coefficient (Wildman–Crippen LogP) is 1.88. The van der Waals surface area contributed by atoms with Crippen LogP contribution in [-0.2, 0) is 6.42 Å². The van der Waals surface area contributed by atoms with Crippen LogP contribution in [0.5, 0.6) is 5.88 Å². The lowest BCUT2D eigenvalue weighted by atomic mass is 10.1. The molecule has 0 radical (unpaired) electrons. The van der Waals surface area contributed by atoms with E-state index in [1.54, 1.807) is 23.2 Å². The number of nitrogen functional groups attached to an aromatic ring is 1. The molecule has 5 heteroatoms. The van der Waals surface area contributed by atoms with Crippen molar-refractivity contribution in [3.8, 4) is 5.88 Å². The van der Waals surface area contributed by atoms with Crippen LogP contribution in [0.3, 0.4) is 0 Å². The van der Waals surface area contributed by atoms with Crippen LogP contribution in [0.4, 0.5) is 11.4 Å². The van der Waals surface area contributed by atoms with E-state index < -0.39 is 0 Å². The average molecular weight is 269 g/mol. The first-order valence-electron chi connectivity index (χ1n) is 6.40. The molecule has 1 aromatic heterocycles. The van der Waals surface area contributed by atoms with Gasteiger partial charge in [-0.05, 0) is 30.2 Å². The number of benzene rings is 1. The fourth-order valence-corrected chi connectivity index (χ4v) is 2.55. The molecular formula is C15H15N3O2. The Morgan fingerprint density at radius 1 is 1.35 bits per heavy atom. The molecule has 2 aromatic rings. The quantitative estimate of drug-likeness (QED) is 0.845. The number of anilines is 2. The number of hydrogen-bond donors (Lipinski definition) is 1. The smallest absolute Gasteiger partial charge is 0.263 e. The minimum absolute atomic E-state index is 0.133. The monoisotopic (exact) mass is 269 g/mol. The van der Waals surface area contributed by atoms with Crippen LogP contribution in [0.15, 0.2) is 36.5 Å². The van der Waals surface area contributed by atoms with Gasteiger partial charge in [-0.2, -0.15) is 0 Å². The van der Waals surface area contributed by atoms with Gasteiger partial charge in [0.05, 0.1) is 18.5 Å². The summed E-state index contributed by atoms with van der Waals surface area (Å²) in [6.07, 6.45) is 2.41. The molecule has 2 N–H and O–H groups in total. The van der Waals surface area contributed by atoms with Crippen LogP contribution >= 0.6 is 0 Å². The third-order valence-corrected chi connectivity index (χ3v) is 3.47. The molecule has 1 aromatic carbocycles. The molecule has 0 unspecified atom stereocenters. The van der Waals surface area contributed by atoms with Crippen molar-refractivity contribution >= 4 is 17.3 Å². The molecule has 1 aliphatic heterocycles. The first-order valence-corrected chi connectivity index (χ1v) is 6.40. The lowest BCUT2D eigenvalue weighted by Crippen LogP contribution is -2.30. The van der Waals surface area contributed by atoms with Gasteiger partial charge in [-0.3, -0.25) is 4.79 Å². The molecule has 5 nitrogen and oxygen atoms in total. The van der Waals surface area contributed by atoms with Gasteiger partial charge in [0.2, 0.25) is 5.88 Å². The largest absolute Gasteiger partial charge is 0.480 e. The van der Waals surface area contributed by atoms with E-state index in [-0.39, 0.29) is 5.91 Å². The highest BCUT2D eigenvalue weighted by Crippen LogP contribution is 2.35. The number of ether oxygens (including phenoxy) is 1. The number of carbonyl (C=O) groups is 1. The van der Waals surface area contributed by atoms with Crippen LogP contribution < -0.4 is 15.4 Å². The Balaban J connectivity index is 2.02. The number of pyridine rings is 1. The van der Waals surface area contributed by atoms with Gasteiger partial charge in [0.1, 0.15) is 5.56 Å². The molecule has 0 fully saturated rings. The normalized spacial score (nSPS) is 13.2. The number of carbonyl (C=O) groups excluding carboxylic acids is 1. The topological polar surface area (TPSA) is 68.5 Å². The number of methoxy groups -OCH3 is 1. The van der Waals surface area contributed by atoms with Crippen molar-refractivity contribution < 1.29 is 9.53 Å². The number of para-hydroxylation sites is 1. The molecule has 0 aliphatic carbocycles. The predicted molar refractivity (Wildman–Crippen MR) is 77.0 cm³/mol. The van der Waals surface area contributed by atoms with Crippen molar-refractivity contribution in [1.82, 2.24) is 4.98 Å². The van der Waals surface area contributed by atoms with E-state index in [4.69, 9.17) is 10.5 Å². The van der Waals surface area contributed by atoms with Crippen LogP contribution in [0.25, 0.3) is 0 Å². The first-order chi connectivity index (χ1) is 9.72. The van der Waals surface area contributed by atoms with Crippen molar-refractivity contribution in [2.45, 2.75) is 6.42 Å². The van der Waals surface area contributed by atoms with E-state index in [1.165, 1.54) is 7.11 Å². The minimum atomic E-state index is -0.133. The molecular weight excluding hydrogens is 254 g/mol. The van der Waals surface area contributed by atoms with Crippen LogP contribution in [0, 0.1) is 0 Å². The van der Waals surface area contributed by atoms with Crippen molar-refractivity contribution in [3.05, 3.63) is 47.7 Å². The van der Waals surface area contributed by atoms with Gasteiger partial charge >= 0.3 is 0 Å². The maximum atomic E-state index is 12.7. The summed E-state index contributed by atoms with van der Waals surface area (Å²) in [7, 11) is 1.51. The minimum Gasteiger partial charge on any atom is -0.480 e. The van der Waals surface area contributed by atoms with E-state index in [9.17, 15) is 4.79 Å². The lowest BCUT2D eigenvalue weighted by molar-refractivity contribution is 0.0986. The van der Waals surface area contributed by atoms with E-state index in [0.29, 0.717) is 23.7 Å². The van der Waals surface area contributed by atoms with E-state index in [2.05, 4.69) is 4.98 Å². The molecule has 1 aliphatic rings. The number of nitrogens with two attached hydrogens (primary N) is 1. The zero-order valence-corrected chi connectivity index (χ0v) is 11.2. The number of aromatic nitrogens is 1. The van der Waals surface area contributed by atoms with E-state index >= 15 is 0 Å². The lowest BCUT2D eigenvalue weighted by Gasteiger charge is -2.19. The van der Waals surface area contributed by atoms with Crippen LogP contribution in [0.1, 0.15) is 15.9 Å². The summed E-state index contributed by atoms with van der Waals surface area (Å²) >= 11 is 0. The Labute approximate surface area is 117 Å². The molecule has 1 amide bonds. The van der Waals surface area contributed by atoms with Crippen molar-refractivity contribution in [1.29, 1.82) is 0 Å². The molecule has 0 bridgehead atoms. The SMILES string of the molecule is COc1ncccc1C(=O)N1CCc2cccc(N)c21.